The molecule has 0 aliphatic rings. The highest BCUT2D eigenvalue weighted by atomic mass is 16.5. The number of ether oxygens (including phenoxy) is 1. The average Bonchev–Trinajstić information content (AvgIpc) is 2.84. The van der Waals surface area contributed by atoms with Crippen LogP contribution < -0.4 is 4.74 Å². The zero-order valence-corrected chi connectivity index (χ0v) is 9.72. The minimum absolute atomic E-state index is 0.174. The van der Waals surface area contributed by atoms with E-state index in [4.69, 9.17) is 14.4 Å². The van der Waals surface area contributed by atoms with E-state index in [0.29, 0.717) is 6.42 Å². The van der Waals surface area contributed by atoms with Crippen molar-refractivity contribution in [2.24, 2.45) is 0 Å². The molecule has 1 aromatic heterocycles. The van der Waals surface area contributed by atoms with Crippen LogP contribution in [0.25, 0.3) is 11.3 Å². The summed E-state index contributed by atoms with van der Waals surface area (Å²) in [4.78, 5) is 0. The summed E-state index contributed by atoms with van der Waals surface area (Å²) in [5.74, 6) is 1.58. The molecule has 0 radical (unpaired) electrons. The van der Waals surface area contributed by atoms with Crippen LogP contribution in [0.4, 0.5) is 0 Å². The molecule has 0 fully saturated rings. The smallest absolute Gasteiger partial charge is 0.170 e. The highest BCUT2D eigenvalue weighted by molar-refractivity contribution is 5.61. The molecule has 0 bridgehead atoms. The van der Waals surface area contributed by atoms with Gasteiger partial charge in [-0.1, -0.05) is 5.16 Å². The van der Waals surface area contributed by atoms with Gasteiger partial charge in [-0.15, -0.1) is 0 Å². The normalized spacial score (nSPS) is 10.5. The zero-order valence-electron chi connectivity index (χ0n) is 9.72. The predicted octanol–water partition coefficient (Wildman–Crippen LogP) is 2.28. The Morgan fingerprint density at radius 2 is 2.06 bits per heavy atom. The number of methoxy groups -OCH3 is 1. The number of aromatic nitrogens is 1. The minimum Gasteiger partial charge on any atom is -0.497 e. The molecule has 1 heterocycles. The maximum Gasteiger partial charge on any atom is 0.170 e. The van der Waals surface area contributed by atoms with Crippen LogP contribution in [-0.4, -0.2) is 24.0 Å². The molecular formula is C13H15NO3. The Balaban J connectivity index is 2.23. The SMILES string of the molecule is COc1ccc(-c2oncc2CCCO)cc1. The van der Waals surface area contributed by atoms with Crippen molar-refractivity contribution in [2.75, 3.05) is 13.7 Å². The summed E-state index contributed by atoms with van der Waals surface area (Å²) in [7, 11) is 1.64. The molecule has 17 heavy (non-hydrogen) atoms. The van der Waals surface area contributed by atoms with Crippen molar-refractivity contribution in [1.29, 1.82) is 0 Å². The molecule has 4 nitrogen and oxygen atoms in total. The molecule has 0 saturated heterocycles. The fourth-order valence-electron chi connectivity index (χ4n) is 1.69. The van der Waals surface area contributed by atoms with Crippen molar-refractivity contribution in [3.63, 3.8) is 0 Å². The van der Waals surface area contributed by atoms with E-state index in [1.165, 1.54) is 0 Å². The van der Waals surface area contributed by atoms with Crippen LogP contribution in [-0.2, 0) is 6.42 Å². The molecule has 0 unspecified atom stereocenters. The van der Waals surface area contributed by atoms with Crippen LogP contribution in [0.1, 0.15) is 12.0 Å². The van der Waals surface area contributed by atoms with E-state index in [0.717, 1.165) is 29.1 Å². The largest absolute Gasteiger partial charge is 0.497 e. The molecule has 0 aliphatic heterocycles. The van der Waals surface area contributed by atoms with Gasteiger partial charge in [0.2, 0.25) is 0 Å². The van der Waals surface area contributed by atoms with Crippen LogP contribution >= 0.6 is 0 Å². The summed E-state index contributed by atoms with van der Waals surface area (Å²) in [6.45, 7) is 0.174. The lowest BCUT2D eigenvalue weighted by Gasteiger charge is -2.02. The highest BCUT2D eigenvalue weighted by Crippen LogP contribution is 2.26. The molecular weight excluding hydrogens is 218 g/mol. The summed E-state index contributed by atoms with van der Waals surface area (Å²) < 4.78 is 10.4. The first-order valence-electron chi connectivity index (χ1n) is 5.54. The van der Waals surface area contributed by atoms with Gasteiger partial charge in [-0.3, -0.25) is 0 Å². The minimum atomic E-state index is 0.174. The first-order valence-corrected chi connectivity index (χ1v) is 5.54. The first kappa shape index (κ1) is 11.7. The fourth-order valence-corrected chi connectivity index (χ4v) is 1.69. The number of hydrogen-bond donors (Lipinski definition) is 1. The second kappa shape index (κ2) is 5.50. The second-order valence-corrected chi connectivity index (χ2v) is 3.74. The van der Waals surface area contributed by atoms with Crippen LogP contribution in [0.3, 0.4) is 0 Å². The van der Waals surface area contributed by atoms with Crippen molar-refractivity contribution in [3.05, 3.63) is 36.0 Å². The molecule has 2 rings (SSSR count). The second-order valence-electron chi connectivity index (χ2n) is 3.74. The number of nitrogens with zero attached hydrogens (tertiary/aromatic N) is 1. The lowest BCUT2D eigenvalue weighted by Crippen LogP contribution is -1.90. The maximum absolute atomic E-state index is 8.83. The lowest BCUT2D eigenvalue weighted by atomic mass is 10.1. The van der Waals surface area contributed by atoms with Crippen LogP contribution in [0.5, 0.6) is 5.75 Å². The van der Waals surface area contributed by atoms with Crippen LogP contribution in [0.15, 0.2) is 35.0 Å². The van der Waals surface area contributed by atoms with Crippen LogP contribution in [0.2, 0.25) is 0 Å². The Morgan fingerprint density at radius 3 is 2.71 bits per heavy atom. The van der Waals surface area contributed by atoms with E-state index in [1.54, 1.807) is 13.3 Å². The number of rotatable bonds is 5. The van der Waals surface area contributed by atoms with Gasteiger partial charge < -0.3 is 14.4 Å². The summed E-state index contributed by atoms with van der Waals surface area (Å²) in [6, 6.07) is 7.63. The highest BCUT2D eigenvalue weighted by Gasteiger charge is 2.10. The topological polar surface area (TPSA) is 55.5 Å². The number of aliphatic hydroxyl groups is 1. The average molecular weight is 233 g/mol. The van der Waals surface area contributed by atoms with Gasteiger partial charge in [0, 0.05) is 17.7 Å². The number of benzene rings is 1. The van der Waals surface area contributed by atoms with Gasteiger partial charge in [0.1, 0.15) is 5.75 Å². The van der Waals surface area contributed by atoms with Gasteiger partial charge in [0.15, 0.2) is 5.76 Å². The third-order valence-electron chi connectivity index (χ3n) is 2.60. The number of aliphatic hydroxyl groups excluding tert-OH is 1. The van der Waals surface area contributed by atoms with E-state index in [2.05, 4.69) is 5.16 Å². The summed E-state index contributed by atoms with van der Waals surface area (Å²) in [6.07, 6.45) is 3.18. The number of hydrogen-bond acceptors (Lipinski definition) is 4. The molecule has 90 valence electrons. The van der Waals surface area contributed by atoms with Gasteiger partial charge >= 0.3 is 0 Å². The quantitative estimate of drug-likeness (QED) is 0.860. The Kier molecular flexibility index (Phi) is 3.77. The van der Waals surface area contributed by atoms with Crippen molar-refractivity contribution < 1.29 is 14.4 Å². The van der Waals surface area contributed by atoms with Gasteiger partial charge in [-0.2, -0.15) is 0 Å². The summed E-state index contributed by atoms with van der Waals surface area (Å²) >= 11 is 0. The van der Waals surface area contributed by atoms with Crippen molar-refractivity contribution in [3.8, 4) is 17.1 Å². The first-order chi connectivity index (χ1) is 8.35. The van der Waals surface area contributed by atoms with E-state index in [1.807, 2.05) is 24.3 Å². The third kappa shape index (κ3) is 2.65. The molecule has 0 atom stereocenters. The molecule has 0 spiro atoms. The molecule has 4 heteroatoms. The van der Waals surface area contributed by atoms with Crippen molar-refractivity contribution >= 4 is 0 Å². The maximum atomic E-state index is 8.83. The Bertz CT molecular complexity index is 462. The third-order valence-corrected chi connectivity index (χ3v) is 2.60. The fraction of sp³-hybridized carbons (Fsp3) is 0.308. The summed E-state index contributed by atoms with van der Waals surface area (Å²) in [5.41, 5.74) is 1.99. The molecule has 0 amide bonds. The van der Waals surface area contributed by atoms with Gasteiger partial charge in [0.25, 0.3) is 0 Å². The van der Waals surface area contributed by atoms with Gasteiger partial charge in [-0.05, 0) is 37.1 Å². The van der Waals surface area contributed by atoms with E-state index >= 15 is 0 Å². The standard InChI is InChI=1S/C13H15NO3/c1-16-12-6-4-10(5-7-12)13-11(3-2-8-15)9-14-17-13/h4-7,9,15H,2-3,8H2,1H3. The molecule has 2 aromatic rings. The van der Waals surface area contributed by atoms with Crippen molar-refractivity contribution in [1.82, 2.24) is 5.16 Å². The van der Waals surface area contributed by atoms with Crippen molar-refractivity contribution in [2.45, 2.75) is 12.8 Å². The zero-order chi connectivity index (χ0) is 12.1. The molecule has 0 aliphatic carbocycles. The van der Waals surface area contributed by atoms with Crippen LogP contribution in [0, 0.1) is 0 Å². The Hall–Kier alpha value is -1.81. The molecule has 1 N–H and O–H groups in total. The van der Waals surface area contributed by atoms with E-state index in [-0.39, 0.29) is 6.61 Å². The Labute approximate surface area is 99.8 Å². The summed E-state index contributed by atoms with van der Waals surface area (Å²) in [5, 5.41) is 12.6. The van der Waals surface area contributed by atoms with E-state index in [9.17, 15) is 0 Å². The molecule has 1 aromatic carbocycles. The monoisotopic (exact) mass is 233 g/mol. The lowest BCUT2D eigenvalue weighted by molar-refractivity contribution is 0.288. The molecule has 0 saturated carbocycles. The predicted molar refractivity (Wildman–Crippen MR) is 63.9 cm³/mol. The Morgan fingerprint density at radius 1 is 1.29 bits per heavy atom. The van der Waals surface area contributed by atoms with Gasteiger partial charge in [0.05, 0.1) is 13.3 Å². The number of aryl methyl sites for hydroxylation is 1. The van der Waals surface area contributed by atoms with Gasteiger partial charge in [-0.25, -0.2) is 0 Å². The van der Waals surface area contributed by atoms with E-state index < -0.39 is 0 Å².